The lowest BCUT2D eigenvalue weighted by molar-refractivity contribution is -0.150. The molecule has 1 rings (SSSR count). The molecule has 0 heterocycles. The average molecular weight is 224 g/mol. The summed E-state index contributed by atoms with van der Waals surface area (Å²) in [5, 5.41) is 10.6. The fraction of sp³-hybridized carbons (Fsp3) is 0.200. The van der Waals surface area contributed by atoms with Gasteiger partial charge in [-0.2, -0.15) is 0 Å². The highest BCUT2D eigenvalue weighted by Gasteiger charge is 2.07. The summed E-state index contributed by atoms with van der Waals surface area (Å²) in [7, 11) is 0. The van der Waals surface area contributed by atoms with E-state index in [0.29, 0.717) is 11.3 Å². The predicted molar refractivity (Wildman–Crippen MR) is 56.4 cm³/mol. The van der Waals surface area contributed by atoms with Crippen molar-refractivity contribution in [2.24, 2.45) is 0 Å². The fourth-order valence-corrected chi connectivity index (χ4v) is 1.01. The molecule has 0 radical (unpaired) electrons. The highest BCUT2D eigenvalue weighted by molar-refractivity contribution is 5.96. The molecule has 0 spiro atoms. The van der Waals surface area contributed by atoms with Gasteiger partial charge in [-0.1, -0.05) is 0 Å². The normalized spacial score (nSPS) is 9.56. The van der Waals surface area contributed by atoms with Crippen molar-refractivity contribution in [1.82, 2.24) is 5.32 Å². The van der Waals surface area contributed by atoms with Gasteiger partial charge in [-0.15, -0.1) is 0 Å². The molecule has 0 unspecified atom stereocenters. The third-order valence-electron chi connectivity index (χ3n) is 1.79. The Labute approximate surface area is 92.0 Å². The van der Waals surface area contributed by atoms with Crippen molar-refractivity contribution >= 4 is 17.6 Å². The number of nitrogens with two attached hydrogens (primary N) is 1. The second-order valence-corrected chi connectivity index (χ2v) is 2.95. The number of benzene rings is 1. The molecule has 6 nitrogen and oxygen atoms in total. The summed E-state index contributed by atoms with van der Waals surface area (Å²) in [6.45, 7) is -0.986. The minimum absolute atomic E-state index is 0.288. The Balaban J connectivity index is 2.47. The van der Waals surface area contributed by atoms with Gasteiger partial charge in [0.1, 0.15) is 6.54 Å². The molecule has 0 aliphatic heterocycles. The molecule has 0 saturated carbocycles. The van der Waals surface area contributed by atoms with Crippen LogP contribution < -0.4 is 11.1 Å². The van der Waals surface area contributed by atoms with Gasteiger partial charge >= 0.3 is 5.97 Å². The van der Waals surface area contributed by atoms with E-state index in [1.54, 1.807) is 24.3 Å². The largest absolute Gasteiger partial charge is 0.437 e. The Kier molecular flexibility index (Phi) is 4.28. The van der Waals surface area contributed by atoms with Gasteiger partial charge in [0.05, 0.1) is 0 Å². The van der Waals surface area contributed by atoms with E-state index in [-0.39, 0.29) is 6.54 Å². The molecule has 0 atom stereocenters. The Morgan fingerprint density at radius 3 is 2.50 bits per heavy atom. The van der Waals surface area contributed by atoms with Crippen LogP contribution in [0.5, 0.6) is 0 Å². The number of aliphatic hydroxyl groups is 1. The van der Waals surface area contributed by atoms with Crippen LogP contribution in [0, 0.1) is 0 Å². The van der Waals surface area contributed by atoms with Crippen molar-refractivity contribution in [3.05, 3.63) is 29.8 Å². The van der Waals surface area contributed by atoms with E-state index < -0.39 is 18.7 Å². The number of nitrogens with one attached hydrogen (secondary N) is 1. The molecular weight excluding hydrogens is 212 g/mol. The molecule has 0 aliphatic rings. The van der Waals surface area contributed by atoms with Crippen LogP contribution in [-0.4, -0.2) is 30.3 Å². The zero-order valence-electron chi connectivity index (χ0n) is 8.47. The number of hydrogen-bond acceptors (Lipinski definition) is 5. The molecule has 0 bridgehead atoms. The van der Waals surface area contributed by atoms with Gasteiger partial charge in [0, 0.05) is 11.3 Å². The zero-order valence-corrected chi connectivity index (χ0v) is 8.47. The van der Waals surface area contributed by atoms with E-state index in [1.807, 2.05) is 0 Å². The first-order valence-corrected chi connectivity index (χ1v) is 4.53. The summed E-state index contributed by atoms with van der Waals surface area (Å²) < 4.78 is 4.23. The van der Waals surface area contributed by atoms with Crippen molar-refractivity contribution in [3.8, 4) is 0 Å². The van der Waals surface area contributed by atoms with Crippen LogP contribution in [0.15, 0.2) is 24.3 Å². The maximum atomic E-state index is 11.4. The molecule has 6 heteroatoms. The molecule has 4 N–H and O–H groups in total. The Bertz CT molecular complexity index is 375. The maximum Gasteiger partial charge on any atom is 0.327 e. The van der Waals surface area contributed by atoms with Crippen molar-refractivity contribution in [1.29, 1.82) is 0 Å². The molecular formula is C10H12N2O4. The summed E-state index contributed by atoms with van der Waals surface area (Å²) in [4.78, 5) is 22.3. The third-order valence-corrected chi connectivity index (χ3v) is 1.79. The molecule has 1 aromatic rings. The highest BCUT2D eigenvalue weighted by atomic mass is 16.6. The molecule has 0 aromatic heterocycles. The van der Waals surface area contributed by atoms with E-state index in [2.05, 4.69) is 10.1 Å². The number of anilines is 1. The Hall–Kier alpha value is -2.08. The van der Waals surface area contributed by atoms with Crippen molar-refractivity contribution < 1.29 is 19.4 Å². The van der Waals surface area contributed by atoms with Crippen LogP contribution in [0.1, 0.15) is 10.4 Å². The van der Waals surface area contributed by atoms with Crippen molar-refractivity contribution in [3.63, 3.8) is 0 Å². The van der Waals surface area contributed by atoms with E-state index in [1.165, 1.54) is 0 Å². The van der Waals surface area contributed by atoms with Gasteiger partial charge in [0.2, 0.25) is 0 Å². The molecule has 1 amide bonds. The second kappa shape index (κ2) is 5.72. The topological polar surface area (TPSA) is 102 Å². The number of amides is 1. The van der Waals surface area contributed by atoms with Crippen LogP contribution in [0.3, 0.4) is 0 Å². The van der Waals surface area contributed by atoms with Crippen molar-refractivity contribution in [2.75, 3.05) is 19.1 Å². The van der Waals surface area contributed by atoms with Crippen LogP contribution in [-0.2, 0) is 9.53 Å². The van der Waals surface area contributed by atoms with Crippen LogP contribution in [0.4, 0.5) is 5.69 Å². The Morgan fingerprint density at radius 1 is 1.31 bits per heavy atom. The molecule has 1 aromatic carbocycles. The van der Waals surface area contributed by atoms with E-state index in [0.717, 1.165) is 0 Å². The number of carbonyl (C=O) groups is 2. The number of nitrogen functional groups attached to an aromatic ring is 1. The minimum Gasteiger partial charge on any atom is -0.437 e. The number of aliphatic hydroxyl groups excluding tert-OH is 1. The first-order chi connectivity index (χ1) is 7.63. The lowest BCUT2D eigenvalue weighted by atomic mass is 10.2. The number of rotatable bonds is 4. The fourth-order valence-electron chi connectivity index (χ4n) is 1.01. The molecule has 86 valence electrons. The summed E-state index contributed by atoms with van der Waals surface area (Å²) in [6, 6.07) is 6.26. The Morgan fingerprint density at radius 2 is 1.94 bits per heavy atom. The first kappa shape index (κ1) is 12.0. The number of hydrogen-bond donors (Lipinski definition) is 3. The summed E-state index contributed by atoms with van der Waals surface area (Å²) in [6.07, 6.45) is 0. The van der Waals surface area contributed by atoms with E-state index in [9.17, 15) is 9.59 Å². The summed E-state index contributed by atoms with van der Waals surface area (Å²) in [5.41, 5.74) is 6.40. The summed E-state index contributed by atoms with van der Waals surface area (Å²) in [5.74, 6) is -1.11. The predicted octanol–water partition coefficient (Wildman–Crippen LogP) is -0.508. The lowest BCUT2D eigenvalue weighted by Crippen LogP contribution is -2.30. The first-order valence-electron chi connectivity index (χ1n) is 4.53. The number of esters is 1. The molecule has 0 aliphatic carbocycles. The van der Waals surface area contributed by atoms with Gasteiger partial charge in [-0.25, -0.2) is 0 Å². The lowest BCUT2D eigenvalue weighted by Gasteiger charge is -2.04. The van der Waals surface area contributed by atoms with E-state index in [4.69, 9.17) is 10.8 Å². The molecule has 0 saturated heterocycles. The van der Waals surface area contributed by atoms with Gasteiger partial charge in [0.15, 0.2) is 6.79 Å². The quantitative estimate of drug-likeness (QED) is 0.363. The maximum absolute atomic E-state index is 11.4. The smallest absolute Gasteiger partial charge is 0.327 e. The third kappa shape index (κ3) is 3.58. The second-order valence-electron chi connectivity index (χ2n) is 2.95. The highest BCUT2D eigenvalue weighted by Crippen LogP contribution is 2.04. The van der Waals surface area contributed by atoms with Gasteiger partial charge in [0.25, 0.3) is 5.91 Å². The van der Waals surface area contributed by atoms with E-state index >= 15 is 0 Å². The van der Waals surface area contributed by atoms with Crippen LogP contribution in [0.25, 0.3) is 0 Å². The van der Waals surface area contributed by atoms with Gasteiger partial charge in [-0.3, -0.25) is 9.59 Å². The SMILES string of the molecule is Nc1ccc(C(=O)NCC(=O)OCO)cc1. The minimum atomic E-state index is -0.703. The van der Waals surface area contributed by atoms with Gasteiger partial charge < -0.3 is 20.9 Å². The van der Waals surface area contributed by atoms with Crippen LogP contribution >= 0.6 is 0 Å². The van der Waals surface area contributed by atoms with Crippen LogP contribution in [0.2, 0.25) is 0 Å². The van der Waals surface area contributed by atoms with Gasteiger partial charge in [-0.05, 0) is 24.3 Å². The average Bonchev–Trinajstić information content (AvgIpc) is 2.27. The molecule has 16 heavy (non-hydrogen) atoms. The monoisotopic (exact) mass is 224 g/mol. The standard InChI is InChI=1S/C10H12N2O4/c11-8-3-1-7(2-4-8)10(15)12-5-9(14)16-6-13/h1-4,13H,5-6,11H2,(H,12,15). The summed E-state index contributed by atoms with van der Waals surface area (Å²) >= 11 is 0. The number of ether oxygens (including phenoxy) is 1. The van der Waals surface area contributed by atoms with Crippen molar-refractivity contribution in [2.45, 2.75) is 0 Å². The molecule has 0 fully saturated rings. The zero-order chi connectivity index (χ0) is 12.0. The number of carbonyl (C=O) groups excluding carboxylic acids is 2.